The summed E-state index contributed by atoms with van der Waals surface area (Å²) >= 11 is 0. The van der Waals surface area contributed by atoms with Gasteiger partial charge in [-0.15, -0.1) is 0 Å². The molecule has 1 heteroatoms. The van der Waals surface area contributed by atoms with Crippen molar-refractivity contribution in [3.05, 3.63) is 34.9 Å². The number of rotatable bonds is 1. The Morgan fingerprint density at radius 3 is 2.17 bits per heavy atom. The molecule has 1 aliphatic rings. The largest absolute Gasteiger partial charge is 0.302 e. The van der Waals surface area contributed by atoms with E-state index >= 15 is 0 Å². The smallest absolute Gasteiger partial charge is 0.0233 e. The summed E-state index contributed by atoms with van der Waals surface area (Å²) in [7, 11) is 2.19. The first-order valence-corrected chi connectivity index (χ1v) is 7.47. The minimum Gasteiger partial charge on any atom is -0.302 e. The van der Waals surface area contributed by atoms with E-state index in [1.54, 1.807) is 5.56 Å². The molecule has 0 aliphatic carbocycles. The molecule has 1 aromatic rings. The van der Waals surface area contributed by atoms with Crippen molar-refractivity contribution >= 4 is 0 Å². The molecule has 104 valence electrons. The van der Waals surface area contributed by atoms with Crippen LogP contribution in [0.25, 0.3) is 0 Å². The fourth-order valence-corrected chi connectivity index (χ4v) is 2.07. The molecule has 2 rings (SSSR count). The maximum Gasteiger partial charge on any atom is 0.0233 e. The third-order valence-corrected chi connectivity index (χ3v) is 3.10. The van der Waals surface area contributed by atoms with E-state index in [-0.39, 0.29) is 0 Å². The van der Waals surface area contributed by atoms with Gasteiger partial charge in [-0.2, -0.15) is 0 Å². The summed E-state index contributed by atoms with van der Waals surface area (Å²) in [6, 6.07) is 6.98. The Morgan fingerprint density at radius 1 is 1.00 bits per heavy atom. The molecular formula is C17H31N. The van der Waals surface area contributed by atoms with Crippen molar-refractivity contribution < 1.29 is 0 Å². The molecule has 0 saturated carbocycles. The fraction of sp³-hybridized carbons (Fsp3) is 0.647. The SMILES string of the molecule is CC.CC.CC(C)c1ccc2c(c1)CCN(C)C2. The van der Waals surface area contributed by atoms with Crippen LogP contribution in [0.2, 0.25) is 0 Å². The average Bonchev–Trinajstić information content (AvgIpc) is 2.42. The Labute approximate surface area is 114 Å². The van der Waals surface area contributed by atoms with E-state index in [4.69, 9.17) is 0 Å². The van der Waals surface area contributed by atoms with Gasteiger partial charge in [0.15, 0.2) is 0 Å². The summed E-state index contributed by atoms with van der Waals surface area (Å²) < 4.78 is 0. The lowest BCUT2D eigenvalue weighted by Gasteiger charge is -2.25. The highest BCUT2D eigenvalue weighted by Gasteiger charge is 2.13. The first-order chi connectivity index (χ1) is 8.66. The van der Waals surface area contributed by atoms with Gasteiger partial charge in [-0.25, -0.2) is 0 Å². The van der Waals surface area contributed by atoms with E-state index in [1.807, 2.05) is 27.7 Å². The molecule has 0 bridgehead atoms. The lowest BCUT2D eigenvalue weighted by molar-refractivity contribution is 0.313. The maximum absolute atomic E-state index is 2.40. The van der Waals surface area contributed by atoms with Crippen molar-refractivity contribution in [2.75, 3.05) is 13.6 Å². The van der Waals surface area contributed by atoms with Gasteiger partial charge in [0.2, 0.25) is 0 Å². The van der Waals surface area contributed by atoms with E-state index in [9.17, 15) is 0 Å². The molecule has 0 spiro atoms. The predicted molar refractivity (Wildman–Crippen MR) is 83.3 cm³/mol. The average molecular weight is 249 g/mol. The molecule has 1 aliphatic heterocycles. The van der Waals surface area contributed by atoms with Gasteiger partial charge in [0.1, 0.15) is 0 Å². The monoisotopic (exact) mass is 249 g/mol. The van der Waals surface area contributed by atoms with Crippen molar-refractivity contribution in [3.63, 3.8) is 0 Å². The van der Waals surface area contributed by atoms with E-state index < -0.39 is 0 Å². The molecule has 0 fully saturated rings. The molecule has 18 heavy (non-hydrogen) atoms. The molecule has 1 heterocycles. The summed E-state index contributed by atoms with van der Waals surface area (Å²) in [5.41, 5.74) is 4.56. The number of hydrogen-bond acceptors (Lipinski definition) is 1. The Bertz CT molecular complexity index is 328. The van der Waals surface area contributed by atoms with Crippen LogP contribution in [0.3, 0.4) is 0 Å². The Morgan fingerprint density at radius 2 is 1.61 bits per heavy atom. The van der Waals surface area contributed by atoms with Gasteiger partial charge < -0.3 is 4.90 Å². The van der Waals surface area contributed by atoms with E-state index in [2.05, 4.69) is 44.0 Å². The number of hydrogen-bond donors (Lipinski definition) is 0. The van der Waals surface area contributed by atoms with Gasteiger partial charge in [-0.1, -0.05) is 59.7 Å². The summed E-state index contributed by atoms with van der Waals surface area (Å²) in [6.07, 6.45) is 1.21. The van der Waals surface area contributed by atoms with Crippen LogP contribution in [0.1, 0.15) is 64.2 Å². The fourth-order valence-electron chi connectivity index (χ4n) is 2.07. The van der Waals surface area contributed by atoms with E-state index in [0.717, 1.165) is 6.54 Å². The second kappa shape index (κ2) is 9.16. The number of benzene rings is 1. The molecule has 0 radical (unpaired) electrons. The Kier molecular flexibility index (Phi) is 8.74. The van der Waals surface area contributed by atoms with Crippen LogP contribution in [-0.2, 0) is 13.0 Å². The van der Waals surface area contributed by atoms with E-state index in [1.165, 1.54) is 24.1 Å². The highest BCUT2D eigenvalue weighted by molar-refractivity contribution is 5.35. The summed E-state index contributed by atoms with van der Waals surface area (Å²) in [5.74, 6) is 0.653. The van der Waals surface area contributed by atoms with Crippen LogP contribution in [0, 0.1) is 0 Å². The lowest BCUT2D eigenvalue weighted by Crippen LogP contribution is -2.26. The quantitative estimate of drug-likeness (QED) is 0.687. The topological polar surface area (TPSA) is 3.24 Å². The minimum absolute atomic E-state index is 0.653. The molecule has 0 saturated heterocycles. The summed E-state index contributed by atoms with van der Waals surface area (Å²) in [5, 5.41) is 0. The molecule has 0 amide bonds. The van der Waals surface area contributed by atoms with Crippen LogP contribution >= 0.6 is 0 Å². The molecular weight excluding hydrogens is 218 g/mol. The first kappa shape index (κ1) is 17.2. The van der Waals surface area contributed by atoms with Gasteiger partial charge in [0.25, 0.3) is 0 Å². The number of likely N-dealkylation sites (N-methyl/N-ethyl adjacent to an activating group) is 1. The number of fused-ring (bicyclic) bond motifs is 1. The predicted octanol–water partition coefficient (Wildman–Crippen LogP) is 4.85. The molecule has 1 aromatic carbocycles. The second-order valence-electron chi connectivity index (χ2n) is 4.67. The third-order valence-electron chi connectivity index (χ3n) is 3.10. The van der Waals surface area contributed by atoms with Gasteiger partial charge in [0, 0.05) is 13.1 Å². The zero-order chi connectivity index (χ0) is 14.1. The zero-order valence-electron chi connectivity index (χ0n) is 13.4. The van der Waals surface area contributed by atoms with Crippen LogP contribution in [0.5, 0.6) is 0 Å². The first-order valence-electron chi connectivity index (χ1n) is 7.47. The minimum atomic E-state index is 0.653. The van der Waals surface area contributed by atoms with Crippen LogP contribution in [-0.4, -0.2) is 18.5 Å². The maximum atomic E-state index is 2.40. The normalized spacial score (nSPS) is 14.0. The number of nitrogens with zero attached hydrogens (tertiary/aromatic N) is 1. The van der Waals surface area contributed by atoms with Crippen LogP contribution in [0.4, 0.5) is 0 Å². The van der Waals surface area contributed by atoms with Crippen molar-refractivity contribution in [2.24, 2.45) is 0 Å². The van der Waals surface area contributed by atoms with Crippen molar-refractivity contribution in [2.45, 2.75) is 60.4 Å². The van der Waals surface area contributed by atoms with Crippen molar-refractivity contribution in [1.82, 2.24) is 4.90 Å². The standard InChI is InChI=1S/C13H19N.2C2H6/c1-10(2)11-4-5-13-9-14(3)7-6-12(13)8-11;2*1-2/h4-5,8,10H,6-7,9H2,1-3H3;2*1-2H3. The zero-order valence-corrected chi connectivity index (χ0v) is 13.4. The highest BCUT2D eigenvalue weighted by atomic mass is 15.1. The van der Waals surface area contributed by atoms with Crippen LogP contribution in [0.15, 0.2) is 18.2 Å². The van der Waals surface area contributed by atoms with Gasteiger partial charge in [0.05, 0.1) is 0 Å². The Hall–Kier alpha value is -0.820. The summed E-state index contributed by atoms with van der Waals surface area (Å²) in [6.45, 7) is 14.8. The lowest BCUT2D eigenvalue weighted by atomic mass is 9.93. The molecule has 0 atom stereocenters. The van der Waals surface area contributed by atoms with Gasteiger partial charge >= 0.3 is 0 Å². The highest BCUT2D eigenvalue weighted by Crippen LogP contribution is 2.23. The third kappa shape index (κ3) is 4.81. The van der Waals surface area contributed by atoms with Crippen molar-refractivity contribution in [1.29, 1.82) is 0 Å². The molecule has 1 nitrogen and oxygen atoms in total. The molecule has 0 N–H and O–H groups in total. The molecule has 0 aromatic heterocycles. The Balaban J connectivity index is 0.000000659. The van der Waals surface area contributed by atoms with Crippen LogP contribution < -0.4 is 0 Å². The van der Waals surface area contributed by atoms with Gasteiger partial charge in [-0.3, -0.25) is 0 Å². The van der Waals surface area contributed by atoms with Crippen molar-refractivity contribution in [3.8, 4) is 0 Å². The van der Waals surface area contributed by atoms with Gasteiger partial charge in [-0.05, 0) is 36.1 Å². The second-order valence-corrected chi connectivity index (χ2v) is 4.67. The summed E-state index contributed by atoms with van der Waals surface area (Å²) in [4.78, 5) is 2.39. The van der Waals surface area contributed by atoms with E-state index in [0.29, 0.717) is 5.92 Å². The molecule has 0 unspecified atom stereocenters.